The molecule has 2 aliphatic rings. The lowest BCUT2D eigenvalue weighted by Gasteiger charge is -2.32. The van der Waals surface area contributed by atoms with Crippen molar-refractivity contribution in [1.29, 1.82) is 0 Å². The second-order valence-corrected chi connectivity index (χ2v) is 9.68. The van der Waals surface area contributed by atoms with Gasteiger partial charge in [0.15, 0.2) is 15.6 Å². The summed E-state index contributed by atoms with van der Waals surface area (Å²) in [5.74, 6) is -0.251. The maximum atomic E-state index is 12.7. The van der Waals surface area contributed by atoms with Gasteiger partial charge in [-0.05, 0) is 43.9 Å². The molecular weight excluding hydrogens is 392 g/mol. The van der Waals surface area contributed by atoms with Gasteiger partial charge in [-0.25, -0.2) is 8.42 Å². The molecule has 2 amide bonds. The fraction of sp³-hybridized carbons (Fsp3) is 0.429. The van der Waals surface area contributed by atoms with E-state index < -0.39 is 15.7 Å². The smallest absolute Gasteiger partial charge is 0.287 e. The Morgan fingerprint density at radius 2 is 1.72 bits per heavy atom. The number of carbonyl (C=O) groups is 2. The zero-order valence-electron chi connectivity index (χ0n) is 16.0. The Balaban J connectivity index is 1.37. The number of sulfone groups is 1. The Kier molecular flexibility index (Phi) is 5.45. The number of hydrogen-bond acceptors (Lipinski definition) is 5. The minimum atomic E-state index is -3.58. The van der Waals surface area contributed by atoms with E-state index in [1.54, 1.807) is 18.2 Å². The fourth-order valence-corrected chi connectivity index (χ4v) is 5.02. The molecule has 0 bridgehead atoms. The molecule has 1 aliphatic heterocycles. The van der Waals surface area contributed by atoms with Gasteiger partial charge in [-0.15, -0.1) is 0 Å². The quantitative estimate of drug-likeness (QED) is 0.780. The maximum Gasteiger partial charge on any atom is 0.287 e. The van der Waals surface area contributed by atoms with Gasteiger partial charge < -0.3 is 14.6 Å². The Labute approximate surface area is 170 Å². The van der Waals surface area contributed by atoms with E-state index in [2.05, 4.69) is 5.32 Å². The maximum absolute atomic E-state index is 12.7. The summed E-state index contributed by atoms with van der Waals surface area (Å²) in [6, 6.07) is 9.60. The van der Waals surface area contributed by atoms with Crippen LogP contribution in [0.25, 0.3) is 0 Å². The summed E-state index contributed by atoms with van der Waals surface area (Å²) in [5.41, 5.74) is 0.340. The molecule has 1 saturated heterocycles. The number of hydrogen-bond donors (Lipinski definition) is 1. The second kappa shape index (κ2) is 8.02. The molecule has 2 heterocycles. The predicted molar refractivity (Wildman–Crippen MR) is 106 cm³/mol. The Morgan fingerprint density at radius 3 is 2.38 bits per heavy atom. The van der Waals surface area contributed by atoms with Crippen LogP contribution in [0.5, 0.6) is 0 Å². The van der Waals surface area contributed by atoms with Gasteiger partial charge in [0.1, 0.15) is 0 Å². The van der Waals surface area contributed by atoms with E-state index in [9.17, 15) is 18.0 Å². The van der Waals surface area contributed by atoms with E-state index in [1.165, 1.54) is 24.5 Å². The summed E-state index contributed by atoms with van der Waals surface area (Å²) in [4.78, 5) is 26.9. The Bertz CT molecular complexity index is 987. The molecule has 1 aromatic carbocycles. The van der Waals surface area contributed by atoms with Gasteiger partial charge in [-0.3, -0.25) is 9.59 Å². The first kappa shape index (κ1) is 19.7. The lowest BCUT2D eigenvalue weighted by atomic mass is 10.0. The topological polar surface area (TPSA) is 96.7 Å². The average molecular weight is 416 g/mol. The molecule has 154 valence electrons. The molecule has 0 spiro atoms. The van der Waals surface area contributed by atoms with Crippen LogP contribution in [0.15, 0.2) is 52.0 Å². The highest BCUT2D eigenvalue weighted by molar-refractivity contribution is 7.90. The molecule has 1 saturated carbocycles. The predicted octanol–water partition coefficient (Wildman–Crippen LogP) is 2.38. The van der Waals surface area contributed by atoms with Crippen molar-refractivity contribution in [3.8, 4) is 0 Å². The van der Waals surface area contributed by atoms with Crippen LogP contribution in [0.3, 0.4) is 0 Å². The summed E-state index contributed by atoms with van der Waals surface area (Å²) in [7, 11) is -3.58. The molecule has 8 heteroatoms. The molecule has 4 rings (SSSR count). The van der Waals surface area contributed by atoms with Crippen LogP contribution in [-0.2, 0) is 20.4 Å². The number of nitrogens with one attached hydrogen (secondary N) is 1. The monoisotopic (exact) mass is 416 g/mol. The Hall–Kier alpha value is -2.61. The number of rotatable bonds is 6. The van der Waals surface area contributed by atoms with Crippen molar-refractivity contribution in [2.45, 2.75) is 42.4 Å². The third-order valence-corrected chi connectivity index (χ3v) is 7.15. The van der Waals surface area contributed by atoms with Gasteiger partial charge >= 0.3 is 0 Å². The molecule has 29 heavy (non-hydrogen) atoms. The number of benzene rings is 1. The van der Waals surface area contributed by atoms with Crippen LogP contribution in [-0.4, -0.2) is 44.3 Å². The molecule has 1 aliphatic carbocycles. The number of furan rings is 1. The van der Waals surface area contributed by atoms with Crippen LogP contribution in [0, 0.1) is 5.92 Å². The van der Waals surface area contributed by atoms with Gasteiger partial charge in [0.25, 0.3) is 5.91 Å². The molecule has 7 nitrogen and oxygen atoms in total. The van der Waals surface area contributed by atoms with Crippen LogP contribution in [0.2, 0.25) is 0 Å². The van der Waals surface area contributed by atoms with Crippen molar-refractivity contribution >= 4 is 21.7 Å². The van der Waals surface area contributed by atoms with Gasteiger partial charge in [-0.2, -0.15) is 0 Å². The highest BCUT2D eigenvalue weighted by Crippen LogP contribution is 2.32. The summed E-state index contributed by atoms with van der Waals surface area (Å²) in [5, 5.41) is 2.93. The van der Waals surface area contributed by atoms with Gasteiger partial charge in [-0.1, -0.05) is 18.2 Å². The molecule has 1 N–H and O–H groups in total. The summed E-state index contributed by atoms with van der Waals surface area (Å²) in [6.07, 6.45) is 4.68. The van der Waals surface area contributed by atoms with Crippen molar-refractivity contribution in [3.05, 3.63) is 54.0 Å². The minimum Gasteiger partial charge on any atom is -0.459 e. The SMILES string of the molecule is O=C(NC1CCN(C(=O)C2CC2)CC1)c1occc1CS(=O)(=O)c1ccccc1. The first-order valence-electron chi connectivity index (χ1n) is 9.88. The molecule has 2 fully saturated rings. The molecular formula is C21H24N2O5S. The molecule has 1 aromatic heterocycles. The van der Waals surface area contributed by atoms with Crippen molar-refractivity contribution in [2.75, 3.05) is 13.1 Å². The lowest BCUT2D eigenvalue weighted by molar-refractivity contribution is -0.133. The van der Waals surface area contributed by atoms with E-state index in [1.807, 2.05) is 4.90 Å². The number of piperidine rings is 1. The highest BCUT2D eigenvalue weighted by Gasteiger charge is 2.35. The van der Waals surface area contributed by atoms with E-state index in [0.29, 0.717) is 31.5 Å². The highest BCUT2D eigenvalue weighted by atomic mass is 32.2. The van der Waals surface area contributed by atoms with Crippen molar-refractivity contribution in [1.82, 2.24) is 10.2 Å². The molecule has 0 radical (unpaired) electrons. The zero-order valence-corrected chi connectivity index (χ0v) is 16.9. The van der Waals surface area contributed by atoms with E-state index in [4.69, 9.17) is 4.42 Å². The van der Waals surface area contributed by atoms with Crippen LogP contribution in [0.4, 0.5) is 0 Å². The van der Waals surface area contributed by atoms with E-state index in [-0.39, 0.29) is 34.3 Å². The molecule has 0 unspecified atom stereocenters. The minimum absolute atomic E-state index is 0.0287. The number of amides is 2. The van der Waals surface area contributed by atoms with Gasteiger partial charge in [0.05, 0.1) is 16.9 Å². The normalized spacial score (nSPS) is 17.9. The van der Waals surface area contributed by atoms with Crippen molar-refractivity contribution in [3.63, 3.8) is 0 Å². The molecule has 2 aromatic rings. The second-order valence-electron chi connectivity index (χ2n) is 7.69. The fourth-order valence-electron chi connectivity index (χ4n) is 3.65. The van der Waals surface area contributed by atoms with E-state index >= 15 is 0 Å². The Morgan fingerprint density at radius 1 is 1.03 bits per heavy atom. The van der Waals surface area contributed by atoms with Crippen LogP contribution >= 0.6 is 0 Å². The number of carbonyl (C=O) groups excluding carboxylic acids is 2. The number of likely N-dealkylation sites (tertiary alicyclic amines) is 1. The first-order valence-corrected chi connectivity index (χ1v) is 11.5. The standard InChI is InChI=1S/C21H24N2O5S/c24-20(22-17-8-11-23(12-9-17)21(25)15-6-7-15)19-16(10-13-28-19)14-29(26,27)18-4-2-1-3-5-18/h1-5,10,13,15,17H,6-9,11-12,14H2,(H,22,24). The summed E-state index contributed by atoms with van der Waals surface area (Å²) >= 11 is 0. The number of nitrogens with zero attached hydrogens (tertiary/aromatic N) is 1. The largest absolute Gasteiger partial charge is 0.459 e. The zero-order chi connectivity index (χ0) is 20.4. The molecule has 0 atom stereocenters. The first-order chi connectivity index (χ1) is 13.9. The van der Waals surface area contributed by atoms with Crippen LogP contribution in [0.1, 0.15) is 41.8 Å². The summed E-state index contributed by atoms with van der Waals surface area (Å²) in [6.45, 7) is 1.27. The van der Waals surface area contributed by atoms with Crippen molar-refractivity contribution in [2.24, 2.45) is 5.92 Å². The third-order valence-electron chi connectivity index (χ3n) is 5.47. The van der Waals surface area contributed by atoms with Crippen molar-refractivity contribution < 1.29 is 22.4 Å². The van der Waals surface area contributed by atoms with Gasteiger partial charge in [0, 0.05) is 30.6 Å². The van der Waals surface area contributed by atoms with Gasteiger partial charge in [0.2, 0.25) is 5.91 Å². The van der Waals surface area contributed by atoms with Crippen LogP contribution < -0.4 is 5.32 Å². The third kappa shape index (κ3) is 4.53. The van der Waals surface area contributed by atoms with E-state index in [0.717, 1.165) is 12.8 Å². The summed E-state index contributed by atoms with van der Waals surface area (Å²) < 4.78 is 30.5. The average Bonchev–Trinajstić information content (AvgIpc) is 3.48. The lowest BCUT2D eigenvalue weighted by Crippen LogP contribution is -2.47.